The first-order valence-corrected chi connectivity index (χ1v) is 11.6. The van der Waals surface area contributed by atoms with Crippen molar-refractivity contribution < 1.29 is 0 Å². The van der Waals surface area contributed by atoms with E-state index in [-0.39, 0.29) is 0 Å². The SMILES string of the molecule is CN1CCN(CC2c3ccccc3CN(Cc3ccccc3)C2c2cccn2C)CC1. The predicted octanol–water partition coefficient (Wildman–Crippen LogP) is 4.11. The van der Waals surface area contributed by atoms with Gasteiger partial charge in [-0.25, -0.2) is 0 Å². The van der Waals surface area contributed by atoms with E-state index in [0.717, 1.165) is 45.8 Å². The third kappa shape index (κ3) is 4.33. The smallest absolute Gasteiger partial charge is 0.0588 e. The van der Waals surface area contributed by atoms with Crippen molar-refractivity contribution in [2.75, 3.05) is 39.8 Å². The fourth-order valence-corrected chi connectivity index (χ4v) is 5.44. The van der Waals surface area contributed by atoms with Crippen molar-refractivity contribution in [2.45, 2.75) is 25.0 Å². The summed E-state index contributed by atoms with van der Waals surface area (Å²) in [6.45, 7) is 7.74. The Kier molecular flexibility index (Phi) is 5.95. The highest BCUT2D eigenvalue weighted by molar-refractivity contribution is 5.37. The summed E-state index contributed by atoms with van der Waals surface area (Å²) < 4.78 is 2.33. The van der Waals surface area contributed by atoms with Crippen molar-refractivity contribution in [3.8, 4) is 0 Å². The second-order valence-electron chi connectivity index (χ2n) is 9.29. The van der Waals surface area contributed by atoms with Crippen molar-refractivity contribution in [3.05, 3.63) is 95.3 Å². The molecule has 2 unspecified atom stereocenters. The van der Waals surface area contributed by atoms with Gasteiger partial charge in [0.15, 0.2) is 0 Å². The third-order valence-electron chi connectivity index (χ3n) is 7.17. The molecule has 0 spiro atoms. The van der Waals surface area contributed by atoms with E-state index in [1.54, 1.807) is 0 Å². The van der Waals surface area contributed by atoms with Crippen molar-refractivity contribution in [1.29, 1.82) is 0 Å². The zero-order valence-electron chi connectivity index (χ0n) is 18.8. The fourth-order valence-electron chi connectivity index (χ4n) is 5.44. The largest absolute Gasteiger partial charge is 0.353 e. The summed E-state index contributed by atoms with van der Waals surface area (Å²) in [6, 6.07) is 25.0. The van der Waals surface area contributed by atoms with Crippen molar-refractivity contribution in [2.24, 2.45) is 7.05 Å². The molecule has 4 heteroatoms. The average molecular weight is 415 g/mol. The number of aromatic nitrogens is 1. The van der Waals surface area contributed by atoms with Gasteiger partial charge in [-0.2, -0.15) is 0 Å². The van der Waals surface area contributed by atoms with E-state index in [0.29, 0.717) is 12.0 Å². The quantitative estimate of drug-likeness (QED) is 0.624. The summed E-state index contributed by atoms with van der Waals surface area (Å²) in [5.74, 6) is 0.464. The Hall–Kier alpha value is -2.40. The molecule has 0 bridgehead atoms. The van der Waals surface area contributed by atoms with E-state index in [1.807, 2.05) is 0 Å². The minimum Gasteiger partial charge on any atom is -0.353 e. The maximum absolute atomic E-state index is 2.70. The number of likely N-dealkylation sites (N-methyl/N-ethyl adjacent to an activating group) is 1. The molecule has 2 aliphatic rings. The van der Waals surface area contributed by atoms with E-state index < -0.39 is 0 Å². The minimum absolute atomic E-state index is 0.370. The molecule has 162 valence electrons. The van der Waals surface area contributed by atoms with Crippen molar-refractivity contribution in [1.82, 2.24) is 19.3 Å². The standard InChI is InChI=1S/C27H34N4/c1-28-15-17-30(18-16-28)21-25-24-12-7-6-11-23(24)20-31(19-22-9-4-3-5-10-22)27(25)26-13-8-14-29(26)2/h3-14,25,27H,15-21H2,1-2H3. The zero-order chi connectivity index (χ0) is 21.2. The molecule has 31 heavy (non-hydrogen) atoms. The molecule has 2 aliphatic heterocycles. The molecule has 5 rings (SSSR count). The molecule has 2 aromatic carbocycles. The van der Waals surface area contributed by atoms with Crippen LogP contribution in [0.25, 0.3) is 0 Å². The van der Waals surface area contributed by atoms with Crippen LogP contribution in [0.4, 0.5) is 0 Å². The maximum Gasteiger partial charge on any atom is 0.0588 e. The highest BCUT2D eigenvalue weighted by Crippen LogP contribution is 2.44. The number of rotatable bonds is 5. The predicted molar refractivity (Wildman–Crippen MR) is 127 cm³/mol. The Morgan fingerprint density at radius 1 is 0.806 bits per heavy atom. The summed E-state index contributed by atoms with van der Waals surface area (Å²) in [6.07, 6.45) is 2.20. The summed E-state index contributed by atoms with van der Waals surface area (Å²) in [5, 5.41) is 0. The van der Waals surface area contributed by atoms with Gasteiger partial charge in [0.1, 0.15) is 0 Å². The first-order valence-electron chi connectivity index (χ1n) is 11.6. The monoisotopic (exact) mass is 414 g/mol. The van der Waals surface area contributed by atoms with E-state index in [2.05, 4.69) is 106 Å². The lowest BCUT2D eigenvalue weighted by atomic mass is 9.81. The maximum atomic E-state index is 2.70. The van der Waals surface area contributed by atoms with Crippen LogP contribution < -0.4 is 0 Å². The van der Waals surface area contributed by atoms with Gasteiger partial charge >= 0.3 is 0 Å². The van der Waals surface area contributed by atoms with Gasteiger partial charge in [-0.05, 0) is 35.9 Å². The number of benzene rings is 2. The first kappa shape index (κ1) is 20.5. The van der Waals surface area contributed by atoms with E-state index in [1.165, 1.54) is 22.4 Å². The van der Waals surface area contributed by atoms with Gasteiger partial charge in [-0.3, -0.25) is 4.90 Å². The zero-order valence-corrected chi connectivity index (χ0v) is 18.8. The molecule has 3 aromatic rings. The first-order chi connectivity index (χ1) is 15.2. The molecule has 0 N–H and O–H groups in total. The average Bonchev–Trinajstić information content (AvgIpc) is 3.21. The lowest BCUT2D eigenvalue weighted by Gasteiger charge is -2.45. The lowest BCUT2D eigenvalue weighted by molar-refractivity contribution is 0.0887. The highest BCUT2D eigenvalue weighted by Gasteiger charge is 2.38. The summed E-state index contributed by atoms with van der Waals surface area (Å²) >= 11 is 0. The van der Waals surface area contributed by atoms with E-state index in [4.69, 9.17) is 0 Å². The van der Waals surface area contributed by atoms with E-state index >= 15 is 0 Å². The Morgan fingerprint density at radius 3 is 2.29 bits per heavy atom. The van der Waals surface area contributed by atoms with Crippen LogP contribution in [0, 0.1) is 0 Å². The van der Waals surface area contributed by atoms with Gasteiger partial charge in [0.2, 0.25) is 0 Å². The fraction of sp³-hybridized carbons (Fsp3) is 0.407. The Morgan fingerprint density at radius 2 is 1.55 bits per heavy atom. The Bertz CT molecular complexity index is 987. The molecule has 1 fully saturated rings. The van der Waals surface area contributed by atoms with Gasteiger partial charge in [0, 0.05) is 70.7 Å². The highest BCUT2D eigenvalue weighted by atomic mass is 15.3. The second kappa shape index (κ2) is 8.99. The second-order valence-corrected chi connectivity index (χ2v) is 9.29. The molecule has 0 aliphatic carbocycles. The van der Waals surface area contributed by atoms with Crippen LogP contribution in [-0.4, -0.2) is 59.0 Å². The molecule has 2 atom stereocenters. The molecule has 0 saturated carbocycles. The number of hydrogen-bond acceptors (Lipinski definition) is 3. The van der Waals surface area contributed by atoms with Crippen molar-refractivity contribution >= 4 is 0 Å². The molecule has 1 saturated heterocycles. The van der Waals surface area contributed by atoms with Crippen LogP contribution >= 0.6 is 0 Å². The van der Waals surface area contributed by atoms with Crippen LogP contribution in [0.5, 0.6) is 0 Å². The van der Waals surface area contributed by atoms with Crippen LogP contribution in [0.1, 0.15) is 34.3 Å². The molecular formula is C27H34N4. The minimum atomic E-state index is 0.370. The van der Waals surface area contributed by atoms with Crippen molar-refractivity contribution in [3.63, 3.8) is 0 Å². The third-order valence-corrected chi connectivity index (χ3v) is 7.17. The number of fused-ring (bicyclic) bond motifs is 1. The molecular weight excluding hydrogens is 380 g/mol. The van der Waals surface area contributed by atoms with Gasteiger partial charge in [0.25, 0.3) is 0 Å². The topological polar surface area (TPSA) is 14.7 Å². The molecule has 0 radical (unpaired) electrons. The summed E-state index contributed by atoms with van der Waals surface area (Å²) in [5.41, 5.74) is 5.84. The van der Waals surface area contributed by atoms with Crippen LogP contribution in [-0.2, 0) is 20.1 Å². The number of nitrogens with zero attached hydrogens (tertiary/aromatic N) is 4. The number of piperazine rings is 1. The Balaban J connectivity index is 1.53. The van der Waals surface area contributed by atoms with Gasteiger partial charge in [-0.1, -0.05) is 54.6 Å². The molecule has 4 nitrogen and oxygen atoms in total. The van der Waals surface area contributed by atoms with Gasteiger partial charge < -0.3 is 14.4 Å². The lowest BCUT2D eigenvalue weighted by Crippen LogP contribution is -2.48. The van der Waals surface area contributed by atoms with Gasteiger partial charge in [-0.15, -0.1) is 0 Å². The Labute approximate surface area is 186 Å². The molecule has 1 aromatic heterocycles. The summed E-state index contributed by atoms with van der Waals surface area (Å²) in [4.78, 5) is 7.83. The number of hydrogen-bond donors (Lipinski definition) is 0. The van der Waals surface area contributed by atoms with Crippen LogP contribution in [0.2, 0.25) is 0 Å². The normalized spacial score (nSPS) is 23.0. The van der Waals surface area contributed by atoms with Gasteiger partial charge in [0.05, 0.1) is 6.04 Å². The summed E-state index contributed by atoms with van der Waals surface area (Å²) in [7, 11) is 4.44. The van der Waals surface area contributed by atoms with Crippen LogP contribution in [0.3, 0.4) is 0 Å². The number of aryl methyl sites for hydroxylation is 1. The van der Waals surface area contributed by atoms with E-state index in [9.17, 15) is 0 Å². The molecule has 3 heterocycles. The molecule has 0 amide bonds. The van der Waals surface area contributed by atoms with Crippen LogP contribution in [0.15, 0.2) is 72.9 Å².